The van der Waals surface area contributed by atoms with Crippen molar-refractivity contribution in [3.8, 4) is 0 Å². The Bertz CT molecular complexity index is 2250. The number of benzene rings is 6. The minimum absolute atomic E-state index is 0.158. The number of nitrogens with two attached hydrogens (primary N) is 1. The van der Waals surface area contributed by atoms with Crippen molar-refractivity contribution in [1.29, 1.82) is 0 Å². The molecule has 0 spiro atoms. The van der Waals surface area contributed by atoms with Crippen molar-refractivity contribution in [2.45, 2.75) is 54.6 Å². The molecular formula is C44H36BF12N. The molecule has 6 aromatic rings. The van der Waals surface area contributed by atoms with Crippen molar-refractivity contribution in [2.75, 3.05) is 0 Å². The fourth-order valence-corrected chi connectivity index (χ4v) is 7.42. The van der Waals surface area contributed by atoms with E-state index in [1.165, 1.54) is 22.3 Å². The summed E-state index contributed by atoms with van der Waals surface area (Å²) in [5.41, 5.74) is -6.18. The van der Waals surface area contributed by atoms with Crippen LogP contribution in [-0.2, 0) is 13.1 Å². The van der Waals surface area contributed by atoms with Gasteiger partial charge in [-0.25, -0.2) is 52.7 Å². The average Bonchev–Trinajstić information content (AvgIpc) is 3.16. The zero-order valence-corrected chi connectivity index (χ0v) is 32.0. The molecule has 0 aromatic heterocycles. The van der Waals surface area contributed by atoms with Crippen LogP contribution >= 0.6 is 0 Å². The summed E-state index contributed by atoms with van der Waals surface area (Å²) in [6, 6.07) is 17.8. The Morgan fingerprint density at radius 1 is 0.345 bits per heavy atom. The molecule has 0 atom stereocenters. The molecule has 0 aliphatic heterocycles. The van der Waals surface area contributed by atoms with Crippen LogP contribution in [0.2, 0.25) is 0 Å². The van der Waals surface area contributed by atoms with Gasteiger partial charge in [0.2, 0.25) is 0 Å². The topological polar surface area (TPSA) is 16.6 Å². The third-order valence-corrected chi connectivity index (χ3v) is 10.5. The lowest BCUT2D eigenvalue weighted by Gasteiger charge is -2.45. The van der Waals surface area contributed by atoms with Gasteiger partial charge in [-0.1, -0.05) is 48.5 Å². The Labute approximate surface area is 327 Å². The Balaban J connectivity index is 0.000000313. The molecule has 0 heterocycles. The summed E-state index contributed by atoms with van der Waals surface area (Å²) in [4.78, 5) is 0. The summed E-state index contributed by atoms with van der Waals surface area (Å²) in [7, 11) is 0. The third kappa shape index (κ3) is 7.73. The van der Waals surface area contributed by atoms with Crippen LogP contribution in [0.25, 0.3) is 0 Å². The van der Waals surface area contributed by atoms with E-state index in [0.29, 0.717) is 0 Å². The Kier molecular flexibility index (Phi) is 12.9. The lowest BCUT2D eigenvalue weighted by Crippen LogP contribution is -2.80. The fraction of sp³-hybridized carbons (Fsp3) is 0.182. The third-order valence-electron chi connectivity index (χ3n) is 10.5. The molecule has 0 fully saturated rings. The van der Waals surface area contributed by atoms with Crippen molar-refractivity contribution in [1.82, 2.24) is 0 Å². The number of halogens is 12. The largest absolute Gasteiger partial charge is 0.339 e. The van der Waals surface area contributed by atoms with Crippen LogP contribution in [0.1, 0.15) is 44.5 Å². The molecule has 0 aliphatic carbocycles. The van der Waals surface area contributed by atoms with Crippen molar-refractivity contribution in [3.05, 3.63) is 187 Å². The zero-order chi connectivity index (χ0) is 43.0. The second-order valence-corrected chi connectivity index (χ2v) is 14.3. The van der Waals surface area contributed by atoms with E-state index in [9.17, 15) is 17.6 Å². The van der Waals surface area contributed by atoms with E-state index in [4.69, 9.17) is 0 Å². The van der Waals surface area contributed by atoms with Crippen molar-refractivity contribution < 1.29 is 58.0 Å². The van der Waals surface area contributed by atoms with Gasteiger partial charge in [0.1, 0.15) is 42.5 Å². The highest BCUT2D eigenvalue weighted by Gasteiger charge is 2.48. The van der Waals surface area contributed by atoms with Crippen LogP contribution in [0.5, 0.6) is 0 Å². The lowest BCUT2D eigenvalue weighted by molar-refractivity contribution is -0.686. The van der Waals surface area contributed by atoms with E-state index in [1.807, 2.05) is 0 Å². The molecule has 6 aromatic carbocycles. The van der Waals surface area contributed by atoms with Crippen LogP contribution in [0.4, 0.5) is 52.7 Å². The summed E-state index contributed by atoms with van der Waals surface area (Å²) in [6.45, 7) is 9.66. The van der Waals surface area contributed by atoms with Gasteiger partial charge in [-0.05, 0) is 99.2 Å². The average molecular weight is 818 g/mol. The molecule has 0 aliphatic rings. The van der Waals surface area contributed by atoms with Crippen LogP contribution in [-0.4, -0.2) is 6.15 Å². The first kappa shape index (κ1) is 43.6. The van der Waals surface area contributed by atoms with Gasteiger partial charge >= 0.3 is 0 Å². The number of quaternary nitrogens is 1. The van der Waals surface area contributed by atoms with Crippen LogP contribution in [0, 0.1) is 111 Å². The molecule has 0 saturated carbocycles. The van der Waals surface area contributed by atoms with Gasteiger partial charge in [-0.3, -0.25) is 0 Å². The Hall–Kier alpha value is -5.50. The Morgan fingerprint density at radius 2 is 0.586 bits per heavy atom. The van der Waals surface area contributed by atoms with Crippen LogP contribution in [0.3, 0.4) is 0 Å². The molecule has 14 heteroatoms. The Morgan fingerprint density at radius 3 is 0.828 bits per heavy atom. The molecule has 6 rings (SSSR count). The number of rotatable bonds is 8. The van der Waals surface area contributed by atoms with Gasteiger partial charge in [0, 0.05) is 11.1 Å². The molecule has 0 unspecified atom stereocenters. The standard InChI is InChI=1S/C28H16BF12.C16H19N/c1-9-5-13(30)17(25(38)21(9)34)29(18-14(31)6-10(2)22(35)26(18)39,19-15(32)7-11(3)23(36)27(19)40)20-16(33)8-12(4)24(37)28(20)41;1-13-7-3-5-9-15(13)11-17-12-16-10-6-4-8-14(16)2/h5-8H,1-4H3;3-10,17H,11-12H2,1-2H3/q-1;/p+1. The highest BCUT2D eigenvalue weighted by molar-refractivity contribution is 7.20. The normalized spacial score (nSPS) is 11.5. The smallest absolute Gasteiger partial charge is 0.158 e. The maximum absolute atomic E-state index is 15.8. The first-order valence-corrected chi connectivity index (χ1v) is 17.9. The monoisotopic (exact) mass is 817 g/mol. The number of hydrogen-bond acceptors (Lipinski definition) is 0. The minimum Gasteiger partial charge on any atom is -0.339 e. The summed E-state index contributed by atoms with van der Waals surface area (Å²) >= 11 is 0. The molecule has 58 heavy (non-hydrogen) atoms. The van der Waals surface area contributed by atoms with Crippen molar-refractivity contribution in [2.24, 2.45) is 0 Å². The maximum atomic E-state index is 15.8. The summed E-state index contributed by atoms with van der Waals surface area (Å²) in [6.07, 6.45) is -5.51. The predicted molar refractivity (Wildman–Crippen MR) is 200 cm³/mol. The van der Waals surface area contributed by atoms with Gasteiger partial charge in [0.15, 0.2) is 23.3 Å². The van der Waals surface area contributed by atoms with E-state index in [1.54, 1.807) is 0 Å². The summed E-state index contributed by atoms with van der Waals surface area (Å²) < 4.78 is 186. The molecule has 0 amide bonds. The number of hydrogen-bond donors (Lipinski definition) is 1. The van der Waals surface area contributed by atoms with Gasteiger partial charge in [0.25, 0.3) is 0 Å². The zero-order valence-electron chi connectivity index (χ0n) is 32.0. The highest BCUT2D eigenvalue weighted by atomic mass is 19.2. The first-order valence-electron chi connectivity index (χ1n) is 17.9. The molecule has 2 N–H and O–H groups in total. The van der Waals surface area contributed by atoms with Crippen LogP contribution < -0.4 is 27.2 Å². The minimum atomic E-state index is -5.51. The van der Waals surface area contributed by atoms with Crippen molar-refractivity contribution >= 4 is 28.0 Å². The van der Waals surface area contributed by atoms with Gasteiger partial charge in [-0.15, -0.1) is 21.9 Å². The molecule has 0 radical (unpaired) electrons. The summed E-state index contributed by atoms with van der Waals surface area (Å²) in [5, 5.41) is 2.37. The van der Waals surface area contributed by atoms with E-state index < -0.39 is 120 Å². The van der Waals surface area contributed by atoms with Gasteiger partial charge < -0.3 is 5.32 Å². The highest BCUT2D eigenvalue weighted by Crippen LogP contribution is 2.28. The fourth-order valence-electron chi connectivity index (χ4n) is 7.42. The molecule has 1 nitrogen and oxygen atoms in total. The van der Waals surface area contributed by atoms with Crippen LogP contribution in [0.15, 0.2) is 72.8 Å². The van der Waals surface area contributed by atoms with Crippen molar-refractivity contribution in [3.63, 3.8) is 0 Å². The second kappa shape index (κ2) is 17.2. The van der Waals surface area contributed by atoms with E-state index >= 15 is 35.1 Å². The van der Waals surface area contributed by atoms with Gasteiger partial charge in [0.05, 0.1) is 23.3 Å². The second-order valence-electron chi connectivity index (χ2n) is 14.3. The predicted octanol–water partition coefficient (Wildman–Crippen LogP) is 8.53. The van der Waals surface area contributed by atoms with E-state index in [2.05, 4.69) is 67.7 Å². The lowest BCUT2D eigenvalue weighted by atomic mass is 9.12. The maximum Gasteiger partial charge on any atom is 0.158 e. The molecular weight excluding hydrogens is 781 g/mol. The summed E-state index contributed by atoms with van der Waals surface area (Å²) in [5.74, 6) is -26.3. The molecule has 0 bridgehead atoms. The molecule has 304 valence electrons. The van der Waals surface area contributed by atoms with Gasteiger partial charge in [-0.2, -0.15) is 0 Å². The first-order chi connectivity index (χ1) is 27.3. The van der Waals surface area contributed by atoms with E-state index in [-0.39, 0.29) is 24.3 Å². The SMILES string of the molecule is Cc1cc(F)c([B-](c2c(F)cc(C)c(F)c2F)(c2c(F)cc(C)c(F)c2F)c2c(F)cc(C)c(F)c2F)c(F)c1F.Cc1ccccc1C[NH2+]Cc1ccccc1C. The van der Waals surface area contributed by atoms with E-state index in [0.717, 1.165) is 40.8 Å². The quantitative estimate of drug-likeness (QED) is 0.0902. The number of aryl methyl sites for hydroxylation is 6. The molecule has 0 saturated heterocycles.